The summed E-state index contributed by atoms with van der Waals surface area (Å²) in [6.45, 7) is 16.5. The molecule has 266 valence electrons. The maximum absolute atomic E-state index is 14.6. The molecule has 6 aliphatic rings. The zero-order valence-corrected chi connectivity index (χ0v) is 31.2. The average Bonchev–Trinajstić information content (AvgIpc) is 3.34. The van der Waals surface area contributed by atoms with Gasteiger partial charge in [0.1, 0.15) is 13.3 Å². The first kappa shape index (κ1) is 34.9. The Morgan fingerprint density at radius 2 is 1.65 bits per heavy atom. The molecule has 3 fully saturated rings. The second kappa shape index (κ2) is 11.8. The van der Waals surface area contributed by atoms with Crippen LogP contribution in [0.25, 0.3) is 0 Å². The molecule has 0 spiro atoms. The fourth-order valence-corrected chi connectivity index (χ4v) is 13.2. The molecule has 0 aromatic heterocycles. The highest BCUT2D eigenvalue weighted by molar-refractivity contribution is 6.01. The standard InChI is InChI=1S/C44H60FNO3/c1-28(2)36-33(47)25-44(46)24-23-41(6)32(37(36)44)13-14-35-40(5)19-17-31(39(3,4)34(40)18-20-42(35,41)7)30-15-21-43(27-45,22-16-30)38(48)49-26-29-11-9-8-10-12-29/h8-12,15,17,28,32,34-35H,13-14,16,18-27,46H2,1-7H3/t32-,34+,35-,40+,41-,42-,43+,44-/m1/s1. The Balaban J connectivity index is 1.14. The lowest BCUT2D eigenvalue weighted by atomic mass is 9.33. The Kier molecular flexibility index (Phi) is 8.37. The van der Waals surface area contributed by atoms with Crippen molar-refractivity contribution in [2.75, 3.05) is 6.67 Å². The molecule has 8 atom stereocenters. The molecule has 0 aliphatic heterocycles. The number of hydrogen-bond acceptors (Lipinski definition) is 4. The van der Waals surface area contributed by atoms with Crippen molar-refractivity contribution < 1.29 is 18.7 Å². The molecule has 0 bridgehead atoms. The van der Waals surface area contributed by atoms with Crippen LogP contribution >= 0.6 is 0 Å². The van der Waals surface area contributed by atoms with Crippen LogP contribution in [0.5, 0.6) is 0 Å². The lowest BCUT2D eigenvalue weighted by Gasteiger charge is -2.71. The van der Waals surface area contributed by atoms with Crippen LogP contribution in [0.15, 0.2) is 64.8 Å². The zero-order valence-electron chi connectivity index (χ0n) is 31.2. The van der Waals surface area contributed by atoms with E-state index in [1.165, 1.54) is 36.0 Å². The summed E-state index contributed by atoms with van der Waals surface area (Å²) in [6, 6.07) is 9.63. The molecule has 0 heterocycles. The lowest BCUT2D eigenvalue weighted by Crippen LogP contribution is -2.65. The number of fused-ring (bicyclic) bond motifs is 7. The SMILES string of the molecule is CC(C)C1=C2[C@H]3CC[C@@H]4[C@@]5(C)CC=C(C6=CC[C@](CF)(C(=O)OCc7ccccc7)CC6)C(C)(C)[C@@H]5CC[C@@]4(C)[C@]3(C)CC[C@@]2(N)CC1=O. The van der Waals surface area contributed by atoms with Crippen molar-refractivity contribution in [3.05, 3.63) is 70.3 Å². The van der Waals surface area contributed by atoms with Crippen molar-refractivity contribution >= 4 is 11.8 Å². The van der Waals surface area contributed by atoms with E-state index in [4.69, 9.17) is 10.5 Å². The molecule has 2 N–H and O–H groups in total. The van der Waals surface area contributed by atoms with Crippen molar-refractivity contribution in [3.8, 4) is 0 Å². The number of halogens is 1. The zero-order chi connectivity index (χ0) is 35.2. The van der Waals surface area contributed by atoms with E-state index < -0.39 is 23.6 Å². The molecule has 49 heavy (non-hydrogen) atoms. The van der Waals surface area contributed by atoms with Crippen LogP contribution < -0.4 is 5.73 Å². The topological polar surface area (TPSA) is 69.4 Å². The van der Waals surface area contributed by atoms with Crippen LogP contribution in [0.1, 0.15) is 125 Å². The predicted molar refractivity (Wildman–Crippen MR) is 194 cm³/mol. The first-order valence-electron chi connectivity index (χ1n) is 19.3. The predicted octanol–water partition coefficient (Wildman–Crippen LogP) is 10.0. The van der Waals surface area contributed by atoms with Crippen LogP contribution in [-0.2, 0) is 20.9 Å². The van der Waals surface area contributed by atoms with Gasteiger partial charge in [-0.15, -0.1) is 0 Å². The third kappa shape index (κ3) is 4.97. The summed E-state index contributed by atoms with van der Waals surface area (Å²) in [5.74, 6) is 1.64. The normalized spacial score (nSPS) is 41.3. The Morgan fingerprint density at radius 3 is 2.31 bits per heavy atom. The number of alkyl halides is 1. The number of rotatable bonds is 6. The third-order valence-electron chi connectivity index (χ3n) is 15.9. The summed E-state index contributed by atoms with van der Waals surface area (Å²) in [7, 11) is 0. The Morgan fingerprint density at radius 1 is 0.918 bits per heavy atom. The quantitative estimate of drug-likeness (QED) is 0.306. The van der Waals surface area contributed by atoms with Gasteiger partial charge in [-0.05, 0) is 137 Å². The number of esters is 1. The minimum Gasteiger partial charge on any atom is -0.460 e. The van der Waals surface area contributed by atoms with E-state index in [0.717, 1.165) is 36.8 Å². The number of benzene rings is 1. The van der Waals surface area contributed by atoms with Crippen LogP contribution in [0, 0.1) is 50.7 Å². The molecular weight excluding hydrogens is 609 g/mol. The van der Waals surface area contributed by atoms with Gasteiger partial charge in [-0.3, -0.25) is 9.59 Å². The van der Waals surface area contributed by atoms with Crippen molar-refractivity contribution in [2.24, 2.45) is 56.5 Å². The number of carbonyl (C=O) groups excluding carboxylic acids is 2. The summed E-state index contributed by atoms with van der Waals surface area (Å²) in [5, 5.41) is 0. The van der Waals surface area contributed by atoms with E-state index in [2.05, 4.69) is 60.6 Å². The minimum atomic E-state index is -1.09. The van der Waals surface area contributed by atoms with Gasteiger partial charge < -0.3 is 10.5 Å². The largest absolute Gasteiger partial charge is 0.460 e. The summed E-state index contributed by atoms with van der Waals surface area (Å²) in [4.78, 5) is 26.6. The van der Waals surface area contributed by atoms with E-state index in [9.17, 15) is 14.0 Å². The molecule has 1 aromatic carbocycles. The molecule has 0 unspecified atom stereocenters. The lowest BCUT2D eigenvalue weighted by molar-refractivity contribution is -0.195. The van der Waals surface area contributed by atoms with Crippen molar-refractivity contribution in [3.63, 3.8) is 0 Å². The van der Waals surface area contributed by atoms with Gasteiger partial charge in [0, 0.05) is 12.0 Å². The van der Waals surface area contributed by atoms with Crippen molar-refractivity contribution in [1.29, 1.82) is 0 Å². The van der Waals surface area contributed by atoms with Gasteiger partial charge in [0.25, 0.3) is 0 Å². The van der Waals surface area contributed by atoms with Crippen LogP contribution in [0.3, 0.4) is 0 Å². The van der Waals surface area contributed by atoms with Crippen molar-refractivity contribution in [1.82, 2.24) is 0 Å². The second-order valence-corrected chi connectivity index (χ2v) is 18.8. The number of nitrogens with two attached hydrogens (primary N) is 1. The minimum absolute atomic E-state index is 0.0222. The van der Waals surface area contributed by atoms with E-state index in [1.807, 2.05) is 30.3 Å². The second-order valence-electron chi connectivity index (χ2n) is 18.8. The maximum Gasteiger partial charge on any atom is 0.315 e. The molecule has 0 saturated heterocycles. The van der Waals surface area contributed by atoms with Gasteiger partial charge in [-0.1, -0.05) is 91.0 Å². The van der Waals surface area contributed by atoms with Gasteiger partial charge in [0.2, 0.25) is 0 Å². The maximum atomic E-state index is 14.6. The fraction of sp³-hybridized carbons (Fsp3) is 0.682. The van der Waals surface area contributed by atoms with Gasteiger partial charge in [0.05, 0.1) is 5.41 Å². The van der Waals surface area contributed by atoms with Gasteiger partial charge >= 0.3 is 5.97 Å². The molecule has 0 amide bonds. The van der Waals surface area contributed by atoms with E-state index >= 15 is 0 Å². The monoisotopic (exact) mass is 669 g/mol. The average molecular weight is 670 g/mol. The van der Waals surface area contributed by atoms with Gasteiger partial charge in [-0.2, -0.15) is 0 Å². The highest BCUT2D eigenvalue weighted by Gasteiger charge is 2.69. The van der Waals surface area contributed by atoms with E-state index in [1.54, 1.807) is 0 Å². The molecule has 3 saturated carbocycles. The first-order valence-corrected chi connectivity index (χ1v) is 19.3. The van der Waals surface area contributed by atoms with Gasteiger partial charge in [-0.25, -0.2) is 4.39 Å². The van der Waals surface area contributed by atoms with Crippen LogP contribution in [0.2, 0.25) is 0 Å². The number of ether oxygens (including phenoxy) is 1. The third-order valence-corrected chi connectivity index (χ3v) is 15.9. The van der Waals surface area contributed by atoms with Crippen molar-refractivity contribution in [2.45, 2.75) is 131 Å². The molecule has 7 rings (SSSR count). The number of ketones is 1. The Hall–Kier alpha value is -2.53. The first-order chi connectivity index (χ1) is 23.1. The molecular formula is C44H60FNO3. The molecule has 0 radical (unpaired) electrons. The summed E-state index contributed by atoms with van der Waals surface area (Å²) in [6.07, 6.45) is 14.6. The van der Waals surface area contributed by atoms with E-state index in [0.29, 0.717) is 49.2 Å². The summed E-state index contributed by atoms with van der Waals surface area (Å²) >= 11 is 0. The number of Topliss-reactive ketones (excluding diaryl/α,β-unsaturated/α-hetero) is 1. The smallest absolute Gasteiger partial charge is 0.315 e. The Bertz CT molecular complexity index is 1620. The number of hydrogen-bond donors (Lipinski definition) is 1. The van der Waals surface area contributed by atoms with Crippen LogP contribution in [-0.4, -0.2) is 24.0 Å². The molecule has 4 nitrogen and oxygen atoms in total. The highest BCUT2D eigenvalue weighted by Crippen LogP contribution is 2.75. The number of allylic oxidation sites excluding steroid dienone is 5. The molecule has 1 aromatic rings. The molecule has 5 heteroatoms. The van der Waals surface area contributed by atoms with E-state index in [-0.39, 0.29) is 34.2 Å². The highest BCUT2D eigenvalue weighted by atomic mass is 19.1. The van der Waals surface area contributed by atoms with Gasteiger partial charge in [0.15, 0.2) is 5.78 Å². The fourth-order valence-electron chi connectivity index (χ4n) is 13.2. The summed E-state index contributed by atoms with van der Waals surface area (Å²) < 4.78 is 20.3. The van der Waals surface area contributed by atoms with Crippen LogP contribution in [0.4, 0.5) is 4.39 Å². The summed E-state index contributed by atoms with van der Waals surface area (Å²) in [5.41, 5.74) is 12.1. The number of carbonyl (C=O) groups is 2. The molecule has 6 aliphatic carbocycles. The Labute approximate surface area is 294 Å².